The Morgan fingerprint density at radius 2 is 1.86 bits per heavy atom. The Balaban J connectivity index is 2.29. The molecule has 0 radical (unpaired) electrons. The fourth-order valence-corrected chi connectivity index (χ4v) is 3.67. The summed E-state index contributed by atoms with van der Waals surface area (Å²) in [5.74, 6) is 0.208. The zero-order valence-electron chi connectivity index (χ0n) is 16.8. The van der Waals surface area contributed by atoms with Crippen LogP contribution in [-0.4, -0.2) is 28.0 Å². The number of phenolic OH excluding ortho intramolecular Hbond substituents is 1. The molecule has 0 aliphatic heterocycles. The van der Waals surface area contributed by atoms with Gasteiger partial charge in [0.1, 0.15) is 5.75 Å². The van der Waals surface area contributed by atoms with Crippen LogP contribution < -0.4 is 0 Å². The van der Waals surface area contributed by atoms with Crippen molar-refractivity contribution in [3.8, 4) is 5.75 Å². The summed E-state index contributed by atoms with van der Waals surface area (Å²) >= 11 is 3.45. The van der Waals surface area contributed by atoms with Crippen molar-refractivity contribution in [2.24, 2.45) is 0 Å². The summed E-state index contributed by atoms with van der Waals surface area (Å²) in [6.45, 7) is 6.01. The van der Waals surface area contributed by atoms with Gasteiger partial charge in [0.05, 0.1) is 12.7 Å². The lowest BCUT2D eigenvalue weighted by Crippen LogP contribution is -2.13. The molecule has 0 aromatic heterocycles. The van der Waals surface area contributed by atoms with Gasteiger partial charge in [-0.05, 0) is 65.8 Å². The molecule has 0 aliphatic carbocycles. The van der Waals surface area contributed by atoms with Crippen LogP contribution in [-0.2, 0) is 0 Å². The van der Waals surface area contributed by atoms with Crippen LogP contribution in [0.15, 0.2) is 76.8 Å². The van der Waals surface area contributed by atoms with E-state index in [4.69, 9.17) is 0 Å². The van der Waals surface area contributed by atoms with Crippen molar-refractivity contribution in [3.63, 3.8) is 0 Å². The fraction of sp³-hybridized carbons (Fsp3) is 0.280. The molecule has 0 saturated heterocycles. The Bertz CT molecular complexity index is 869. The van der Waals surface area contributed by atoms with E-state index in [2.05, 4.69) is 29.4 Å². The van der Waals surface area contributed by atoms with E-state index in [1.54, 1.807) is 18.2 Å². The maximum Gasteiger partial charge on any atom is 0.122 e. The second-order valence-corrected chi connectivity index (χ2v) is 7.90. The first-order chi connectivity index (χ1) is 14.0. The maximum absolute atomic E-state index is 10.8. The fourth-order valence-electron chi connectivity index (χ4n) is 3.29. The number of rotatable bonds is 10. The first-order valence-electron chi connectivity index (χ1n) is 9.87. The molecule has 0 spiro atoms. The number of aliphatic hydroxyl groups excluding tert-OH is 2. The molecular formula is C25H29BrO3. The van der Waals surface area contributed by atoms with Crippen LogP contribution in [0.3, 0.4) is 0 Å². The molecule has 2 aromatic carbocycles. The Morgan fingerprint density at radius 3 is 2.52 bits per heavy atom. The van der Waals surface area contributed by atoms with Crippen LogP contribution in [0, 0.1) is 0 Å². The minimum Gasteiger partial charge on any atom is -0.507 e. The molecule has 1 atom stereocenters. The van der Waals surface area contributed by atoms with Gasteiger partial charge in [0.25, 0.3) is 0 Å². The smallest absolute Gasteiger partial charge is 0.122 e. The standard InChI is InChI=1S/C25H29BrO3/c1-3-7-18(2)23(14-15-27)25(29)12-10-20(19-8-5-4-6-9-19)16-21-17-22(26)11-13-24(21)28/h4-6,8-9,11,13-14,16-17,25,27-29H,2-3,7,10,12,15H2,1H3/b20-16-,23-14-. The summed E-state index contributed by atoms with van der Waals surface area (Å²) < 4.78 is 0.887. The summed E-state index contributed by atoms with van der Waals surface area (Å²) in [5, 5.41) is 30.3. The number of benzene rings is 2. The molecule has 3 N–H and O–H groups in total. The molecule has 2 rings (SSSR count). The van der Waals surface area contributed by atoms with E-state index in [0.717, 1.165) is 34.0 Å². The molecular weight excluding hydrogens is 428 g/mol. The van der Waals surface area contributed by atoms with Gasteiger partial charge in [-0.2, -0.15) is 0 Å². The first-order valence-corrected chi connectivity index (χ1v) is 10.7. The number of allylic oxidation sites excluding steroid dienone is 1. The summed E-state index contributed by atoms with van der Waals surface area (Å²) in [5.41, 5.74) is 4.35. The number of aliphatic hydroxyl groups is 2. The lowest BCUT2D eigenvalue weighted by molar-refractivity contribution is 0.202. The quantitative estimate of drug-likeness (QED) is 0.298. The van der Waals surface area contributed by atoms with Crippen molar-refractivity contribution in [2.75, 3.05) is 6.61 Å². The van der Waals surface area contributed by atoms with Crippen LogP contribution >= 0.6 is 15.9 Å². The molecule has 1 unspecified atom stereocenters. The SMILES string of the molecule is C=C(CCC)/C(=C/CO)C(O)CC/C(=C/c1cc(Br)ccc1O)c1ccccc1. The van der Waals surface area contributed by atoms with Gasteiger partial charge >= 0.3 is 0 Å². The average Bonchev–Trinajstić information content (AvgIpc) is 2.72. The molecule has 0 saturated carbocycles. The van der Waals surface area contributed by atoms with Gasteiger partial charge in [-0.1, -0.05) is 72.3 Å². The van der Waals surface area contributed by atoms with Crippen LogP contribution in [0.4, 0.5) is 0 Å². The second-order valence-electron chi connectivity index (χ2n) is 6.99. The Kier molecular flexibility index (Phi) is 9.39. The third-order valence-corrected chi connectivity index (χ3v) is 5.27. The molecule has 2 aromatic rings. The van der Waals surface area contributed by atoms with Crippen LogP contribution in [0.5, 0.6) is 5.75 Å². The molecule has 0 fully saturated rings. The first kappa shape index (κ1) is 23.1. The largest absolute Gasteiger partial charge is 0.507 e. The van der Waals surface area contributed by atoms with E-state index < -0.39 is 6.10 Å². The summed E-state index contributed by atoms with van der Waals surface area (Å²) in [4.78, 5) is 0. The van der Waals surface area contributed by atoms with E-state index in [0.29, 0.717) is 24.0 Å². The van der Waals surface area contributed by atoms with E-state index in [1.165, 1.54) is 0 Å². The third-order valence-electron chi connectivity index (χ3n) is 4.78. The Labute approximate surface area is 181 Å². The van der Waals surface area contributed by atoms with Gasteiger partial charge in [0, 0.05) is 10.0 Å². The predicted octanol–water partition coefficient (Wildman–Crippen LogP) is 6.11. The third kappa shape index (κ3) is 7.00. The van der Waals surface area contributed by atoms with Gasteiger partial charge in [0.2, 0.25) is 0 Å². The summed E-state index contributed by atoms with van der Waals surface area (Å²) in [6, 6.07) is 15.3. The minimum atomic E-state index is -0.704. The lowest BCUT2D eigenvalue weighted by Gasteiger charge is -2.18. The highest BCUT2D eigenvalue weighted by Gasteiger charge is 2.15. The maximum atomic E-state index is 10.8. The average molecular weight is 457 g/mol. The highest BCUT2D eigenvalue weighted by molar-refractivity contribution is 9.10. The van der Waals surface area contributed by atoms with Crippen molar-refractivity contribution >= 4 is 27.6 Å². The van der Waals surface area contributed by atoms with Gasteiger partial charge in [-0.25, -0.2) is 0 Å². The number of halogens is 1. The Morgan fingerprint density at radius 1 is 1.14 bits per heavy atom. The number of hydrogen-bond acceptors (Lipinski definition) is 3. The van der Waals surface area contributed by atoms with Crippen molar-refractivity contribution in [3.05, 3.63) is 87.9 Å². The van der Waals surface area contributed by atoms with Crippen molar-refractivity contribution in [2.45, 2.75) is 38.7 Å². The Hall–Kier alpha value is -2.14. The predicted molar refractivity (Wildman–Crippen MR) is 125 cm³/mol. The summed E-state index contributed by atoms with van der Waals surface area (Å²) in [7, 11) is 0. The zero-order chi connectivity index (χ0) is 21.2. The van der Waals surface area contributed by atoms with Gasteiger partial charge in [0.15, 0.2) is 0 Å². The minimum absolute atomic E-state index is 0.123. The molecule has 29 heavy (non-hydrogen) atoms. The van der Waals surface area contributed by atoms with Gasteiger partial charge in [-0.15, -0.1) is 0 Å². The number of phenols is 1. The van der Waals surface area contributed by atoms with Crippen molar-refractivity contribution in [1.29, 1.82) is 0 Å². The molecule has 3 nitrogen and oxygen atoms in total. The molecule has 154 valence electrons. The van der Waals surface area contributed by atoms with Crippen LogP contribution in [0.2, 0.25) is 0 Å². The lowest BCUT2D eigenvalue weighted by atomic mass is 9.91. The topological polar surface area (TPSA) is 60.7 Å². The number of aromatic hydroxyl groups is 1. The molecule has 4 heteroatoms. The molecule has 0 heterocycles. The molecule has 0 aliphatic rings. The highest BCUT2D eigenvalue weighted by atomic mass is 79.9. The van der Waals surface area contributed by atoms with Crippen LogP contribution in [0.25, 0.3) is 11.6 Å². The van der Waals surface area contributed by atoms with Crippen LogP contribution in [0.1, 0.15) is 43.7 Å². The second kappa shape index (κ2) is 11.8. The van der Waals surface area contributed by atoms with E-state index in [9.17, 15) is 15.3 Å². The van der Waals surface area contributed by atoms with E-state index in [1.807, 2.05) is 42.5 Å². The van der Waals surface area contributed by atoms with E-state index >= 15 is 0 Å². The summed E-state index contributed by atoms with van der Waals surface area (Å²) in [6.07, 6.45) is 5.72. The van der Waals surface area contributed by atoms with Crippen molar-refractivity contribution in [1.82, 2.24) is 0 Å². The molecule has 0 amide bonds. The highest BCUT2D eigenvalue weighted by Crippen LogP contribution is 2.31. The molecule has 0 bridgehead atoms. The zero-order valence-corrected chi connectivity index (χ0v) is 18.4. The van der Waals surface area contributed by atoms with Crippen molar-refractivity contribution < 1.29 is 15.3 Å². The normalized spacial score (nSPS) is 13.4. The van der Waals surface area contributed by atoms with Gasteiger partial charge < -0.3 is 15.3 Å². The van der Waals surface area contributed by atoms with Gasteiger partial charge in [-0.3, -0.25) is 0 Å². The van der Waals surface area contributed by atoms with E-state index in [-0.39, 0.29) is 12.4 Å². The monoisotopic (exact) mass is 456 g/mol. The number of hydrogen-bond donors (Lipinski definition) is 3.